The van der Waals surface area contributed by atoms with Crippen LogP contribution in [-0.4, -0.2) is 16.3 Å². The average molecular weight is 278 g/mol. The molecular weight excluding hydrogens is 264 g/mol. The summed E-state index contributed by atoms with van der Waals surface area (Å²) >= 11 is 0. The normalized spacial score (nSPS) is 11.0. The zero-order valence-electron chi connectivity index (χ0n) is 11.2. The van der Waals surface area contributed by atoms with Gasteiger partial charge in [0, 0.05) is 10.9 Å². The van der Waals surface area contributed by atoms with Crippen molar-refractivity contribution >= 4 is 28.6 Å². The van der Waals surface area contributed by atoms with Gasteiger partial charge in [0.05, 0.1) is 17.4 Å². The fraction of sp³-hybridized carbons (Fsp3) is 0. The summed E-state index contributed by atoms with van der Waals surface area (Å²) < 4.78 is 0. The predicted octanol–water partition coefficient (Wildman–Crippen LogP) is 2.97. The van der Waals surface area contributed by atoms with Crippen LogP contribution in [0.1, 0.15) is 5.56 Å². The lowest BCUT2D eigenvalue weighted by atomic mass is 10.2. The molecule has 0 aliphatic carbocycles. The van der Waals surface area contributed by atoms with E-state index in [9.17, 15) is 5.11 Å². The van der Waals surface area contributed by atoms with Crippen molar-refractivity contribution in [1.29, 1.82) is 0 Å². The van der Waals surface area contributed by atoms with E-state index in [0.717, 1.165) is 10.9 Å². The van der Waals surface area contributed by atoms with Crippen LogP contribution in [0, 0.1) is 0 Å². The summed E-state index contributed by atoms with van der Waals surface area (Å²) in [6.07, 6.45) is 1.54. The molecule has 2 aromatic carbocycles. The van der Waals surface area contributed by atoms with Crippen molar-refractivity contribution in [3.63, 3.8) is 0 Å². The number of aromatic hydroxyl groups is 1. The molecule has 4 N–H and O–H groups in total. The van der Waals surface area contributed by atoms with Crippen molar-refractivity contribution in [1.82, 2.24) is 4.98 Å². The first-order valence-electron chi connectivity index (χ1n) is 6.46. The van der Waals surface area contributed by atoms with Gasteiger partial charge >= 0.3 is 0 Å². The van der Waals surface area contributed by atoms with E-state index in [1.165, 1.54) is 6.21 Å². The number of anilines is 2. The quantitative estimate of drug-likeness (QED) is 0.391. The largest absolute Gasteiger partial charge is 0.507 e. The Balaban J connectivity index is 1.82. The zero-order chi connectivity index (χ0) is 14.7. The van der Waals surface area contributed by atoms with Gasteiger partial charge in [0.15, 0.2) is 0 Å². The summed E-state index contributed by atoms with van der Waals surface area (Å²) in [5.74, 6) is 0.769. The molecule has 0 atom stereocenters. The van der Waals surface area contributed by atoms with Crippen molar-refractivity contribution in [2.45, 2.75) is 0 Å². The number of para-hydroxylation sites is 2. The molecule has 21 heavy (non-hydrogen) atoms. The van der Waals surface area contributed by atoms with Crippen LogP contribution in [0.2, 0.25) is 0 Å². The van der Waals surface area contributed by atoms with Gasteiger partial charge in [0.25, 0.3) is 0 Å². The van der Waals surface area contributed by atoms with Crippen molar-refractivity contribution < 1.29 is 5.11 Å². The highest BCUT2D eigenvalue weighted by atomic mass is 16.3. The summed E-state index contributed by atoms with van der Waals surface area (Å²) in [5, 5.41) is 14.7. The van der Waals surface area contributed by atoms with Gasteiger partial charge < -0.3 is 10.8 Å². The lowest BCUT2D eigenvalue weighted by Crippen LogP contribution is -1.96. The molecule has 3 aromatic rings. The molecule has 0 amide bonds. The van der Waals surface area contributed by atoms with E-state index >= 15 is 0 Å². The minimum Gasteiger partial charge on any atom is -0.507 e. The van der Waals surface area contributed by atoms with E-state index in [1.807, 2.05) is 36.4 Å². The molecule has 0 aliphatic heterocycles. The van der Waals surface area contributed by atoms with Gasteiger partial charge in [-0.25, -0.2) is 4.98 Å². The number of phenols is 1. The molecule has 0 radical (unpaired) electrons. The average Bonchev–Trinajstić information content (AvgIpc) is 2.50. The van der Waals surface area contributed by atoms with Crippen LogP contribution >= 0.6 is 0 Å². The summed E-state index contributed by atoms with van der Waals surface area (Å²) in [6.45, 7) is 0. The Morgan fingerprint density at radius 3 is 2.76 bits per heavy atom. The third kappa shape index (κ3) is 2.76. The maximum absolute atomic E-state index is 9.63. The standard InChI is InChI=1S/C16H14N4O/c17-13-6-3-5-11-8-9-15(19-16(11)13)20-18-10-12-4-1-2-7-14(12)21/h1-10,21H,17H2,(H,19,20)/b18-10+. The second kappa shape index (κ2) is 5.50. The number of nitrogens with one attached hydrogen (secondary N) is 1. The second-order valence-corrected chi connectivity index (χ2v) is 4.54. The zero-order valence-corrected chi connectivity index (χ0v) is 11.2. The van der Waals surface area contributed by atoms with Crippen LogP contribution in [0.25, 0.3) is 10.9 Å². The van der Waals surface area contributed by atoms with Crippen LogP contribution in [0.4, 0.5) is 11.5 Å². The number of nitrogen functional groups attached to an aromatic ring is 1. The Morgan fingerprint density at radius 2 is 1.90 bits per heavy atom. The fourth-order valence-corrected chi connectivity index (χ4v) is 2.00. The molecule has 5 nitrogen and oxygen atoms in total. The highest BCUT2D eigenvalue weighted by Crippen LogP contribution is 2.20. The van der Waals surface area contributed by atoms with Crippen LogP contribution in [0.5, 0.6) is 5.75 Å². The van der Waals surface area contributed by atoms with Gasteiger partial charge in [-0.05, 0) is 30.3 Å². The molecule has 0 aliphatic rings. The molecular formula is C16H14N4O. The first-order valence-corrected chi connectivity index (χ1v) is 6.46. The van der Waals surface area contributed by atoms with Crippen molar-refractivity contribution in [2.75, 3.05) is 11.2 Å². The Kier molecular flexibility index (Phi) is 3.39. The lowest BCUT2D eigenvalue weighted by Gasteiger charge is -2.04. The molecule has 5 heteroatoms. The third-order valence-electron chi connectivity index (χ3n) is 3.07. The fourth-order valence-electron chi connectivity index (χ4n) is 2.00. The van der Waals surface area contributed by atoms with E-state index in [-0.39, 0.29) is 5.75 Å². The van der Waals surface area contributed by atoms with Crippen LogP contribution < -0.4 is 11.2 Å². The third-order valence-corrected chi connectivity index (χ3v) is 3.07. The van der Waals surface area contributed by atoms with E-state index in [2.05, 4.69) is 15.5 Å². The smallest absolute Gasteiger partial charge is 0.146 e. The van der Waals surface area contributed by atoms with E-state index in [0.29, 0.717) is 17.1 Å². The molecule has 0 saturated heterocycles. The Labute approximate surface area is 121 Å². The topological polar surface area (TPSA) is 83.5 Å². The summed E-state index contributed by atoms with van der Waals surface area (Å²) in [6, 6.07) is 16.4. The van der Waals surface area contributed by atoms with Crippen LogP contribution in [-0.2, 0) is 0 Å². The number of hydrazone groups is 1. The number of pyridine rings is 1. The molecule has 1 heterocycles. The number of phenolic OH excluding ortho intramolecular Hbond substituents is 1. The lowest BCUT2D eigenvalue weighted by molar-refractivity contribution is 0.474. The minimum absolute atomic E-state index is 0.179. The number of fused-ring (bicyclic) bond motifs is 1. The first-order chi connectivity index (χ1) is 10.2. The summed E-state index contributed by atoms with van der Waals surface area (Å²) in [7, 11) is 0. The SMILES string of the molecule is Nc1cccc2ccc(N/N=C/c3ccccc3O)nc12. The highest BCUT2D eigenvalue weighted by molar-refractivity contribution is 5.90. The number of aromatic nitrogens is 1. The molecule has 0 bridgehead atoms. The second-order valence-electron chi connectivity index (χ2n) is 4.54. The van der Waals surface area contributed by atoms with Gasteiger partial charge in [-0.15, -0.1) is 0 Å². The van der Waals surface area contributed by atoms with Gasteiger partial charge in [-0.1, -0.05) is 24.3 Å². The van der Waals surface area contributed by atoms with Crippen molar-refractivity contribution in [3.05, 3.63) is 60.2 Å². The number of benzene rings is 2. The molecule has 3 rings (SSSR count). The minimum atomic E-state index is 0.179. The van der Waals surface area contributed by atoms with Gasteiger partial charge in [0.1, 0.15) is 11.6 Å². The number of nitrogens with two attached hydrogens (primary N) is 1. The van der Waals surface area contributed by atoms with Gasteiger partial charge in [0.2, 0.25) is 0 Å². The number of rotatable bonds is 3. The molecule has 0 spiro atoms. The number of hydrogen-bond acceptors (Lipinski definition) is 5. The summed E-state index contributed by atoms with van der Waals surface area (Å²) in [4.78, 5) is 4.42. The highest BCUT2D eigenvalue weighted by Gasteiger charge is 2.00. The Hall–Kier alpha value is -3.08. The summed E-state index contributed by atoms with van der Waals surface area (Å²) in [5.41, 5.74) is 10.7. The van der Waals surface area contributed by atoms with Gasteiger partial charge in [-0.2, -0.15) is 5.10 Å². The van der Waals surface area contributed by atoms with Crippen molar-refractivity contribution in [3.8, 4) is 5.75 Å². The number of hydrogen-bond donors (Lipinski definition) is 3. The van der Waals surface area contributed by atoms with Crippen LogP contribution in [0.15, 0.2) is 59.7 Å². The van der Waals surface area contributed by atoms with Crippen LogP contribution in [0.3, 0.4) is 0 Å². The van der Waals surface area contributed by atoms with E-state index in [1.54, 1.807) is 18.2 Å². The predicted molar refractivity (Wildman–Crippen MR) is 85.5 cm³/mol. The van der Waals surface area contributed by atoms with Crippen molar-refractivity contribution in [2.24, 2.45) is 5.10 Å². The molecule has 1 aromatic heterocycles. The first kappa shape index (κ1) is 12.9. The van der Waals surface area contributed by atoms with E-state index in [4.69, 9.17) is 5.73 Å². The molecule has 104 valence electrons. The molecule has 0 saturated carbocycles. The monoisotopic (exact) mass is 278 g/mol. The molecule has 0 fully saturated rings. The number of nitrogens with zero attached hydrogens (tertiary/aromatic N) is 2. The van der Waals surface area contributed by atoms with Gasteiger partial charge in [-0.3, -0.25) is 5.43 Å². The Bertz CT molecular complexity index is 814. The van der Waals surface area contributed by atoms with E-state index < -0.39 is 0 Å². The maximum atomic E-state index is 9.63. The maximum Gasteiger partial charge on any atom is 0.146 e. The Morgan fingerprint density at radius 1 is 1.05 bits per heavy atom. The molecule has 0 unspecified atom stereocenters.